The average molecular weight is 375 g/mol. The lowest BCUT2D eigenvalue weighted by molar-refractivity contribution is -0.115. The minimum atomic E-state index is -0.00645. The summed E-state index contributed by atoms with van der Waals surface area (Å²) in [6.45, 7) is 3.14. The maximum atomic E-state index is 12.3. The first kappa shape index (κ1) is 16.0. The van der Waals surface area contributed by atoms with Gasteiger partial charge >= 0.3 is 0 Å². The van der Waals surface area contributed by atoms with Crippen molar-refractivity contribution in [2.75, 3.05) is 36.5 Å². The van der Waals surface area contributed by atoms with Gasteiger partial charge in [0.2, 0.25) is 5.91 Å². The predicted molar refractivity (Wildman–Crippen MR) is 95.9 cm³/mol. The van der Waals surface area contributed by atoms with Crippen molar-refractivity contribution in [3.8, 4) is 0 Å². The number of anilines is 2. The third kappa shape index (κ3) is 4.33. The van der Waals surface area contributed by atoms with E-state index < -0.39 is 0 Å². The van der Waals surface area contributed by atoms with E-state index in [1.165, 1.54) is 0 Å². The molecular formula is C18H19BrN2O2. The van der Waals surface area contributed by atoms with E-state index in [0.717, 1.165) is 47.7 Å². The second-order valence-corrected chi connectivity index (χ2v) is 6.38. The van der Waals surface area contributed by atoms with Gasteiger partial charge in [0, 0.05) is 17.6 Å². The number of carbonyl (C=O) groups is 1. The summed E-state index contributed by atoms with van der Waals surface area (Å²) >= 11 is 3.40. The van der Waals surface area contributed by atoms with Crippen molar-refractivity contribution in [2.45, 2.75) is 6.42 Å². The van der Waals surface area contributed by atoms with Crippen LogP contribution in [0.15, 0.2) is 53.0 Å². The molecule has 3 rings (SSSR count). The van der Waals surface area contributed by atoms with Gasteiger partial charge in [0.25, 0.3) is 0 Å². The number of amides is 1. The number of benzene rings is 2. The summed E-state index contributed by atoms with van der Waals surface area (Å²) < 4.78 is 6.41. The molecule has 2 aromatic carbocycles. The Balaban J connectivity index is 1.69. The van der Waals surface area contributed by atoms with Gasteiger partial charge in [-0.15, -0.1) is 0 Å². The van der Waals surface area contributed by atoms with Gasteiger partial charge in [-0.1, -0.05) is 40.2 Å². The number of morpholine rings is 1. The molecule has 1 amide bonds. The van der Waals surface area contributed by atoms with Crippen LogP contribution in [0.4, 0.5) is 11.4 Å². The molecule has 0 bridgehead atoms. The highest BCUT2D eigenvalue weighted by Crippen LogP contribution is 2.26. The van der Waals surface area contributed by atoms with Gasteiger partial charge in [0.05, 0.1) is 31.0 Å². The van der Waals surface area contributed by atoms with Gasteiger partial charge in [-0.25, -0.2) is 0 Å². The Bertz CT molecular complexity index is 667. The number of hydrogen-bond donors (Lipinski definition) is 1. The molecule has 1 N–H and O–H groups in total. The maximum absolute atomic E-state index is 12.3. The molecule has 1 aliphatic rings. The monoisotopic (exact) mass is 374 g/mol. The number of hydrogen-bond acceptors (Lipinski definition) is 3. The fourth-order valence-electron chi connectivity index (χ4n) is 2.64. The number of carbonyl (C=O) groups excluding carboxylic acids is 1. The van der Waals surface area contributed by atoms with Crippen LogP contribution in [0.5, 0.6) is 0 Å². The first-order chi connectivity index (χ1) is 11.2. The lowest BCUT2D eigenvalue weighted by Gasteiger charge is -2.30. The summed E-state index contributed by atoms with van der Waals surface area (Å²) in [6.07, 6.45) is 0.366. The lowest BCUT2D eigenvalue weighted by atomic mass is 10.1. The van der Waals surface area contributed by atoms with Crippen LogP contribution >= 0.6 is 15.9 Å². The van der Waals surface area contributed by atoms with Crippen LogP contribution in [0.3, 0.4) is 0 Å². The van der Waals surface area contributed by atoms with Gasteiger partial charge < -0.3 is 15.0 Å². The second-order valence-electron chi connectivity index (χ2n) is 5.47. The van der Waals surface area contributed by atoms with Crippen LogP contribution in [0.25, 0.3) is 0 Å². The molecule has 0 aliphatic carbocycles. The Morgan fingerprint density at radius 3 is 2.52 bits per heavy atom. The maximum Gasteiger partial charge on any atom is 0.228 e. The van der Waals surface area contributed by atoms with Crippen LogP contribution in [-0.2, 0) is 16.0 Å². The van der Waals surface area contributed by atoms with Crippen molar-refractivity contribution in [3.05, 3.63) is 58.6 Å². The minimum absolute atomic E-state index is 0.00645. The summed E-state index contributed by atoms with van der Waals surface area (Å²) in [5.41, 5.74) is 2.91. The third-order valence-corrected chi connectivity index (χ3v) is 4.34. The SMILES string of the molecule is O=C(Cc1ccc(Br)cc1)Nc1ccccc1N1CCOCC1. The molecule has 0 atom stereocenters. The van der Waals surface area contributed by atoms with E-state index in [1.807, 2.05) is 48.5 Å². The zero-order valence-corrected chi connectivity index (χ0v) is 14.4. The zero-order chi connectivity index (χ0) is 16.1. The van der Waals surface area contributed by atoms with Crippen molar-refractivity contribution in [3.63, 3.8) is 0 Å². The van der Waals surface area contributed by atoms with Gasteiger partial charge in [0.1, 0.15) is 0 Å². The Labute approximate surface area is 144 Å². The Kier molecular flexibility index (Phi) is 5.31. The Morgan fingerprint density at radius 1 is 1.09 bits per heavy atom. The van der Waals surface area contributed by atoms with E-state index in [9.17, 15) is 4.79 Å². The molecule has 5 heteroatoms. The quantitative estimate of drug-likeness (QED) is 0.890. The molecule has 2 aromatic rings. The summed E-state index contributed by atoms with van der Waals surface area (Å²) in [4.78, 5) is 14.6. The lowest BCUT2D eigenvalue weighted by Crippen LogP contribution is -2.36. The van der Waals surface area contributed by atoms with E-state index in [4.69, 9.17) is 4.74 Å². The number of nitrogens with zero attached hydrogens (tertiary/aromatic N) is 1. The largest absolute Gasteiger partial charge is 0.378 e. The summed E-state index contributed by atoms with van der Waals surface area (Å²) in [6, 6.07) is 15.7. The molecule has 0 saturated carbocycles. The Hall–Kier alpha value is -1.85. The number of nitrogens with one attached hydrogen (secondary N) is 1. The fourth-order valence-corrected chi connectivity index (χ4v) is 2.91. The first-order valence-corrected chi connectivity index (χ1v) is 8.48. The standard InChI is InChI=1S/C18H19BrN2O2/c19-15-7-5-14(6-8-15)13-18(22)20-16-3-1-2-4-17(16)21-9-11-23-12-10-21/h1-8H,9-13H2,(H,20,22). The average Bonchev–Trinajstić information content (AvgIpc) is 2.58. The van der Waals surface area contributed by atoms with Crippen LogP contribution < -0.4 is 10.2 Å². The van der Waals surface area contributed by atoms with Crippen LogP contribution in [-0.4, -0.2) is 32.2 Å². The van der Waals surface area contributed by atoms with Gasteiger partial charge in [-0.3, -0.25) is 4.79 Å². The molecule has 0 radical (unpaired) electrons. The van der Waals surface area contributed by atoms with E-state index in [0.29, 0.717) is 6.42 Å². The highest BCUT2D eigenvalue weighted by molar-refractivity contribution is 9.10. The number of para-hydroxylation sites is 2. The van der Waals surface area contributed by atoms with E-state index >= 15 is 0 Å². The molecular weight excluding hydrogens is 356 g/mol. The molecule has 1 heterocycles. The molecule has 1 fully saturated rings. The van der Waals surface area contributed by atoms with Crippen molar-refractivity contribution < 1.29 is 9.53 Å². The van der Waals surface area contributed by atoms with Gasteiger partial charge in [-0.05, 0) is 29.8 Å². The van der Waals surface area contributed by atoms with E-state index in [1.54, 1.807) is 0 Å². The smallest absolute Gasteiger partial charge is 0.228 e. The molecule has 0 spiro atoms. The zero-order valence-electron chi connectivity index (χ0n) is 12.8. The molecule has 1 aliphatic heterocycles. The minimum Gasteiger partial charge on any atom is -0.378 e. The summed E-state index contributed by atoms with van der Waals surface area (Å²) in [5, 5.41) is 3.04. The topological polar surface area (TPSA) is 41.6 Å². The summed E-state index contributed by atoms with van der Waals surface area (Å²) in [7, 11) is 0. The van der Waals surface area contributed by atoms with Crippen molar-refractivity contribution >= 4 is 33.2 Å². The Morgan fingerprint density at radius 2 is 1.78 bits per heavy atom. The van der Waals surface area contributed by atoms with Gasteiger partial charge in [-0.2, -0.15) is 0 Å². The molecule has 120 valence electrons. The third-order valence-electron chi connectivity index (χ3n) is 3.81. The second kappa shape index (κ2) is 7.62. The van der Waals surface area contributed by atoms with E-state index in [2.05, 4.69) is 26.1 Å². The first-order valence-electron chi connectivity index (χ1n) is 7.68. The van der Waals surface area contributed by atoms with Gasteiger partial charge in [0.15, 0.2) is 0 Å². The molecule has 4 nitrogen and oxygen atoms in total. The van der Waals surface area contributed by atoms with E-state index in [-0.39, 0.29) is 5.91 Å². The molecule has 0 unspecified atom stereocenters. The normalized spacial score (nSPS) is 14.6. The number of rotatable bonds is 4. The summed E-state index contributed by atoms with van der Waals surface area (Å²) in [5.74, 6) is -0.00645. The predicted octanol–water partition coefficient (Wildman–Crippen LogP) is 3.47. The highest BCUT2D eigenvalue weighted by Gasteiger charge is 2.15. The number of ether oxygens (including phenoxy) is 1. The van der Waals surface area contributed by atoms with Crippen molar-refractivity contribution in [1.29, 1.82) is 0 Å². The highest BCUT2D eigenvalue weighted by atomic mass is 79.9. The molecule has 1 saturated heterocycles. The molecule has 0 aromatic heterocycles. The van der Waals surface area contributed by atoms with Crippen LogP contribution in [0.1, 0.15) is 5.56 Å². The fraction of sp³-hybridized carbons (Fsp3) is 0.278. The van der Waals surface area contributed by atoms with Crippen LogP contribution in [0.2, 0.25) is 0 Å². The number of halogens is 1. The molecule has 23 heavy (non-hydrogen) atoms. The van der Waals surface area contributed by atoms with Crippen molar-refractivity contribution in [1.82, 2.24) is 0 Å². The van der Waals surface area contributed by atoms with Crippen LogP contribution in [0, 0.1) is 0 Å². The van der Waals surface area contributed by atoms with Crippen molar-refractivity contribution in [2.24, 2.45) is 0 Å².